The standard InChI is InChI=1S/C16H29NO3/c1-3-10-17-16(15(18)19-2)9-8-14(11-16)20-12-13-6-4-5-7-13/h13-14,17H,3-12H2,1-2H3. The van der Waals surface area contributed by atoms with Gasteiger partial charge in [0, 0.05) is 13.0 Å². The zero-order chi connectivity index (χ0) is 14.4. The van der Waals surface area contributed by atoms with Crippen LogP contribution in [0.15, 0.2) is 0 Å². The van der Waals surface area contributed by atoms with Crippen molar-refractivity contribution in [2.75, 3.05) is 20.3 Å². The van der Waals surface area contributed by atoms with Crippen molar-refractivity contribution >= 4 is 5.97 Å². The van der Waals surface area contributed by atoms with E-state index in [0.29, 0.717) is 0 Å². The lowest BCUT2D eigenvalue weighted by molar-refractivity contribution is -0.149. The van der Waals surface area contributed by atoms with Crippen LogP contribution in [-0.4, -0.2) is 37.9 Å². The van der Waals surface area contributed by atoms with E-state index in [1.54, 1.807) is 0 Å². The van der Waals surface area contributed by atoms with Gasteiger partial charge in [-0.25, -0.2) is 0 Å². The molecule has 0 aliphatic heterocycles. The smallest absolute Gasteiger partial charge is 0.326 e. The Kier molecular flexibility index (Phi) is 5.85. The summed E-state index contributed by atoms with van der Waals surface area (Å²) in [5.74, 6) is 0.615. The lowest BCUT2D eigenvalue weighted by atomic mass is 9.97. The van der Waals surface area contributed by atoms with Crippen LogP contribution in [0, 0.1) is 5.92 Å². The second-order valence-corrected chi connectivity index (χ2v) is 6.35. The monoisotopic (exact) mass is 283 g/mol. The summed E-state index contributed by atoms with van der Waals surface area (Å²) in [6.07, 6.45) is 9.09. The molecule has 0 radical (unpaired) electrons. The highest BCUT2D eigenvalue weighted by atomic mass is 16.5. The topological polar surface area (TPSA) is 47.6 Å². The number of ether oxygens (including phenoxy) is 2. The van der Waals surface area contributed by atoms with E-state index in [0.717, 1.165) is 44.8 Å². The lowest BCUT2D eigenvalue weighted by Gasteiger charge is -2.27. The number of esters is 1. The Balaban J connectivity index is 1.84. The van der Waals surface area contributed by atoms with Crippen LogP contribution in [0.4, 0.5) is 0 Å². The first-order valence-corrected chi connectivity index (χ1v) is 8.15. The number of carbonyl (C=O) groups excluding carboxylic acids is 1. The van der Waals surface area contributed by atoms with Crippen molar-refractivity contribution in [2.45, 2.75) is 69.9 Å². The molecule has 0 aromatic carbocycles. The highest BCUT2D eigenvalue weighted by molar-refractivity contribution is 5.81. The molecule has 2 atom stereocenters. The number of methoxy groups -OCH3 is 1. The number of hydrogen-bond acceptors (Lipinski definition) is 4. The molecule has 2 unspecified atom stereocenters. The van der Waals surface area contributed by atoms with Gasteiger partial charge in [-0.05, 0) is 44.6 Å². The van der Waals surface area contributed by atoms with E-state index in [1.807, 2.05) is 0 Å². The van der Waals surface area contributed by atoms with E-state index in [4.69, 9.17) is 9.47 Å². The minimum atomic E-state index is -0.509. The molecule has 0 aromatic heterocycles. The van der Waals surface area contributed by atoms with Crippen LogP contribution in [0.3, 0.4) is 0 Å². The Morgan fingerprint density at radius 1 is 1.30 bits per heavy atom. The van der Waals surface area contributed by atoms with E-state index in [1.165, 1.54) is 32.8 Å². The van der Waals surface area contributed by atoms with Crippen LogP contribution in [0.5, 0.6) is 0 Å². The molecular formula is C16H29NO3. The quantitative estimate of drug-likeness (QED) is 0.730. The minimum Gasteiger partial charge on any atom is -0.468 e. The van der Waals surface area contributed by atoms with Crippen molar-refractivity contribution in [3.8, 4) is 0 Å². The molecule has 2 rings (SSSR count). The summed E-state index contributed by atoms with van der Waals surface area (Å²) >= 11 is 0. The molecule has 1 N–H and O–H groups in total. The molecule has 2 aliphatic rings. The summed E-state index contributed by atoms with van der Waals surface area (Å²) in [6, 6.07) is 0. The molecule has 2 aliphatic carbocycles. The average molecular weight is 283 g/mol. The summed E-state index contributed by atoms with van der Waals surface area (Å²) in [6.45, 7) is 3.83. The van der Waals surface area contributed by atoms with Crippen molar-refractivity contribution in [1.82, 2.24) is 5.32 Å². The fraction of sp³-hybridized carbons (Fsp3) is 0.938. The second kappa shape index (κ2) is 7.41. The second-order valence-electron chi connectivity index (χ2n) is 6.35. The van der Waals surface area contributed by atoms with E-state index >= 15 is 0 Å². The largest absolute Gasteiger partial charge is 0.468 e. The van der Waals surface area contributed by atoms with Gasteiger partial charge in [-0.2, -0.15) is 0 Å². The molecular weight excluding hydrogens is 254 g/mol. The van der Waals surface area contributed by atoms with Crippen LogP contribution < -0.4 is 5.32 Å². The molecule has 0 saturated heterocycles. The molecule has 0 heterocycles. The van der Waals surface area contributed by atoms with Gasteiger partial charge in [0.1, 0.15) is 5.54 Å². The Labute approximate surface area is 122 Å². The minimum absolute atomic E-state index is 0.127. The zero-order valence-electron chi connectivity index (χ0n) is 13.0. The third kappa shape index (κ3) is 3.73. The molecule has 20 heavy (non-hydrogen) atoms. The fourth-order valence-electron chi connectivity index (χ4n) is 3.57. The van der Waals surface area contributed by atoms with Gasteiger partial charge < -0.3 is 14.8 Å². The summed E-state index contributed by atoms with van der Waals surface area (Å²) in [7, 11) is 1.48. The normalized spacial score (nSPS) is 30.8. The molecule has 2 saturated carbocycles. The summed E-state index contributed by atoms with van der Waals surface area (Å²) < 4.78 is 11.1. The molecule has 4 nitrogen and oxygen atoms in total. The Hall–Kier alpha value is -0.610. The summed E-state index contributed by atoms with van der Waals surface area (Å²) in [4.78, 5) is 12.1. The number of rotatable bonds is 7. The van der Waals surface area contributed by atoms with Gasteiger partial charge in [0.2, 0.25) is 0 Å². The molecule has 116 valence electrons. The number of hydrogen-bond donors (Lipinski definition) is 1. The first-order valence-electron chi connectivity index (χ1n) is 8.15. The van der Waals surface area contributed by atoms with Gasteiger partial charge >= 0.3 is 5.97 Å². The van der Waals surface area contributed by atoms with Crippen molar-refractivity contribution < 1.29 is 14.3 Å². The Morgan fingerprint density at radius 3 is 2.70 bits per heavy atom. The van der Waals surface area contributed by atoms with Crippen LogP contribution in [0.1, 0.15) is 58.3 Å². The van der Waals surface area contributed by atoms with Crippen LogP contribution in [-0.2, 0) is 14.3 Å². The highest BCUT2D eigenvalue weighted by Crippen LogP contribution is 2.34. The molecule has 2 fully saturated rings. The molecule has 4 heteroatoms. The molecule has 0 bridgehead atoms. The zero-order valence-corrected chi connectivity index (χ0v) is 13.0. The number of nitrogens with one attached hydrogen (secondary N) is 1. The third-order valence-electron chi connectivity index (χ3n) is 4.80. The van der Waals surface area contributed by atoms with E-state index in [2.05, 4.69) is 12.2 Å². The van der Waals surface area contributed by atoms with Crippen molar-refractivity contribution in [1.29, 1.82) is 0 Å². The maximum atomic E-state index is 12.1. The summed E-state index contributed by atoms with van der Waals surface area (Å²) in [5.41, 5.74) is -0.509. The number of carbonyl (C=O) groups is 1. The highest BCUT2D eigenvalue weighted by Gasteiger charge is 2.46. The SMILES string of the molecule is CCCNC1(C(=O)OC)CCC(OCC2CCCC2)C1. The van der Waals surface area contributed by atoms with Crippen LogP contribution in [0.2, 0.25) is 0 Å². The maximum Gasteiger partial charge on any atom is 0.326 e. The van der Waals surface area contributed by atoms with Gasteiger partial charge in [-0.1, -0.05) is 19.8 Å². The van der Waals surface area contributed by atoms with Crippen LogP contribution in [0.25, 0.3) is 0 Å². The predicted octanol–water partition coefficient (Wildman–Crippen LogP) is 2.66. The van der Waals surface area contributed by atoms with Gasteiger partial charge in [0.05, 0.1) is 13.2 Å². The van der Waals surface area contributed by atoms with Crippen LogP contribution >= 0.6 is 0 Å². The van der Waals surface area contributed by atoms with Gasteiger partial charge in [0.25, 0.3) is 0 Å². The van der Waals surface area contributed by atoms with E-state index < -0.39 is 5.54 Å². The molecule has 0 aromatic rings. The fourth-order valence-corrected chi connectivity index (χ4v) is 3.57. The predicted molar refractivity (Wildman–Crippen MR) is 78.6 cm³/mol. The molecule has 0 amide bonds. The van der Waals surface area contributed by atoms with Crippen molar-refractivity contribution in [2.24, 2.45) is 5.92 Å². The van der Waals surface area contributed by atoms with E-state index in [-0.39, 0.29) is 12.1 Å². The van der Waals surface area contributed by atoms with Crippen molar-refractivity contribution in [3.05, 3.63) is 0 Å². The lowest BCUT2D eigenvalue weighted by Crippen LogP contribution is -2.51. The van der Waals surface area contributed by atoms with Gasteiger partial charge in [-0.15, -0.1) is 0 Å². The third-order valence-corrected chi connectivity index (χ3v) is 4.80. The first kappa shape index (κ1) is 15.8. The Morgan fingerprint density at radius 2 is 2.05 bits per heavy atom. The average Bonchev–Trinajstić information content (AvgIpc) is 3.12. The van der Waals surface area contributed by atoms with Crippen molar-refractivity contribution in [3.63, 3.8) is 0 Å². The maximum absolute atomic E-state index is 12.1. The van der Waals surface area contributed by atoms with E-state index in [9.17, 15) is 4.79 Å². The molecule has 0 spiro atoms. The first-order chi connectivity index (χ1) is 9.70. The van der Waals surface area contributed by atoms with Gasteiger partial charge in [-0.3, -0.25) is 4.79 Å². The summed E-state index contributed by atoms with van der Waals surface area (Å²) in [5, 5.41) is 3.40. The van der Waals surface area contributed by atoms with Gasteiger partial charge in [0.15, 0.2) is 0 Å². The Bertz CT molecular complexity index is 315.